The van der Waals surface area contributed by atoms with E-state index in [2.05, 4.69) is 19.2 Å². The van der Waals surface area contributed by atoms with Crippen LogP contribution in [0, 0.1) is 5.92 Å². The number of halogens is 1. The molecule has 1 atom stereocenters. The maximum absolute atomic E-state index is 12.7. The molecule has 0 saturated carbocycles. The van der Waals surface area contributed by atoms with E-state index in [1.165, 1.54) is 12.7 Å². The number of nitrogens with one attached hydrogen (secondary N) is 1. The van der Waals surface area contributed by atoms with Gasteiger partial charge in [-0.05, 0) is 41.8 Å². The Kier molecular flexibility index (Phi) is 5.71. The number of hydrogen-bond acceptors (Lipinski definition) is 3. The maximum Gasteiger partial charge on any atom is 0.229 e. The maximum atomic E-state index is 12.7. The van der Waals surface area contributed by atoms with E-state index in [0.717, 1.165) is 5.69 Å². The minimum atomic E-state index is -0.425. The average Bonchev–Trinajstić information content (AvgIpc) is 3.04. The summed E-state index contributed by atoms with van der Waals surface area (Å²) in [5, 5.41) is 3.33. The molecule has 0 radical (unpaired) electrons. The highest BCUT2D eigenvalue weighted by atomic mass is 35.5. The summed E-state index contributed by atoms with van der Waals surface area (Å²) in [6, 6.07) is 12.9. The SMILES string of the molecule is COc1ccc(Cl)cc1NC(=O)C1CC(=O)N(c2ccc(C(C)C)cc2)C1. The van der Waals surface area contributed by atoms with Crippen molar-refractivity contribution in [3.8, 4) is 5.75 Å². The normalized spacial score (nSPS) is 16.7. The second-order valence-corrected chi connectivity index (χ2v) is 7.42. The first-order valence-corrected chi connectivity index (χ1v) is 9.31. The Labute approximate surface area is 164 Å². The van der Waals surface area contributed by atoms with E-state index in [9.17, 15) is 9.59 Å². The van der Waals surface area contributed by atoms with E-state index < -0.39 is 5.92 Å². The summed E-state index contributed by atoms with van der Waals surface area (Å²) in [4.78, 5) is 26.8. The second-order valence-electron chi connectivity index (χ2n) is 6.99. The lowest BCUT2D eigenvalue weighted by molar-refractivity contribution is -0.122. The molecular weight excluding hydrogens is 364 g/mol. The average molecular weight is 387 g/mol. The minimum absolute atomic E-state index is 0.0505. The number of anilines is 2. The van der Waals surface area contributed by atoms with Crippen LogP contribution < -0.4 is 15.0 Å². The van der Waals surface area contributed by atoms with Crippen LogP contribution in [0.5, 0.6) is 5.75 Å². The fourth-order valence-electron chi connectivity index (χ4n) is 3.18. The first kappa shape index (κ1) is 19.2. The van der Waals surface area contributed by atoms with Crippen molar-refractivity contribution in [1.82, 2.24) is 0 Å². The molecule has 1 aliphatic heterocycles. The molecular formula is C21H23ClN2O3. The van der Waals surface area contributed by atoms with Gasteiger partial charge in [0.1, 0.15) is 5.75 Å². The summed E-state index contributed by atoms with van der Waals surface area (Å²) in [5.74, 6) is 0.263. The van der Waals surface area contributed by atoms with E-state index in [0.29, 0.717) is 28.9 Å². The zero-order chi connectivity index (χ0) is 19.6. The van der Waals surface area contributed by atoms with Crippen molar-refractivity contribution in [3.63, 3.8) is 0 Å². The lowest BCUT2D eigenvalue weighted by atomic mass is 10.0. The molecule has 6 heteroatoms. The van der Waals surface area contributed by atoms with E-state index in [4.69, 9.17) is 16.3 Å². The van der Waals surface area contributed by atoms with Gasteiger partial charge in [-0.3, -0.25) is 9.59 Å². The van der Waals surface area contributed by atoms with Crippen LogP contribution in [0.25, 0.3) is 0 Å². The van der Waals surface area contributed by atoms with Gasteiger partial charge in [0.15, 0.2) is 0 Å². The van der Waals surface area contributed by atoms with Crippen molar-refractivity contribution < 1.29 is 14.3 Å². The van der Waals surface area contributed by atoms with Crippen LogP contribution in [0.2, 0.25) is 5.02 Å². The molecule has 0 bridgehead atoms. The number of rotatable bonds is 5. The van der Waals surface area contributed by atoms with E-state index in [1.54, 1.807) is 23.1 Å². The van der Waals surface area contributed by atoms with Crippen LogP contribution in [0.3, 0.4) is 0 Å². The molecule has 27 heavy (non-hydrogen) atoms. The lowest BCUT2D eigenvalue weighted by Crippen LogP contribution is -2.28. The van der Waals surface area contributed by atoms with Crippen LogP contribution in [-0.2, 0) is 9.59 Å². The van der Waals surface area contributed by atoms with Gasteiger partial charge in [0.25, 0.3) is 0 Å². The molecule has 1 saturated heterocycles. The van der Waals surface area contributed by atoms with Crippen molar-refractivity contribution in [2.75, 3.05) is 23.9 Å². The fourth-order valence-corrected chi connectivity index (χ4v) is 3.36. The summed E-state index contributed by atoms with van der Waals surface area (Å²) < 4.78 is 5.26. The molecule has 5 nitrogen and oxygen atoms in total. The Morgan fingerprint density at radius 3 is 2.56 bits per heavy atom. The number of amides is 2. The lowest BCUT2D eigenvalue weighted by Gasteiger charge is -2.18. The molecule has 142 valence electrons. The van der Waals surface area contributed by atoms with Crippen LogP contribution in [0.15, 0.2) is 42.5 Å². The number of nitrogens with zero attached hydrogens (tertiary/aromatic N) is 1. The van der Waals surface area contributed by atoms with Crippen molar-refractivity contribution in [3.05, 3.63) is 53.1 Å². The molecule has 0 aliphatic carbocycles. The number of hydrogen-bond donors (Lipinski definition) is 1. The Morgan fingerprint density at radius 1 is 1.22 bits per heavy atom. The number of ether oxygens (including phenoxy) is 1. The molecule has 0 spiro atoms. The van der Waals surface area contributed by atoms with Gasteiger partial charge < -0.3 is 15.0 Å². The second kappa shape index (κ2) is 8.01. The smallest absolute Gasteiger partial charge is 0.229 e. The van der Waals surface area contributed by atoms with Gasteiger partial charge in [-0.15, -0.1) is 0 Å². The summed E-state index contributed by atoms with van der Waals surface area (Å²) in [6.45, 7) is 4.61. The van der Waals surface area contributed by atoms with Gasteiger partial charge in [-0.2, -0.15) is 0 Å². The highest BCUT2D eigenvalue weighted by molar-refractivity contribution is 6.31. The van der Waals surface area contributed by atoms with Gasteiger partial charge in [0, 0.05) is 23.7 Å². The zero-order valence-corrected chi connectivity index (χ0v) is 16.4. The van der Waals surface area contributed by atoms with Crippen molar-refractivity contribution in [2.24, 2.45) is 5.92 Å². The van der Waals surface area contributed by atoms with Gasteiger partial charge in [0.2, 0.25) is 11.8 Å². The van der Waals surface area contributed by atoms with Crippen LogP contribution >= 0.6 is 11.6 Å². The summed E-state index contributed by atoms with van der Waals surface area (Å²) in [7, 11) is 1.53. The monoisotopic (exact) mass is 386 g/mol. The van der Waals surface area contributed by atoms with Crippen molar-refractivity contribution in [1.29, 1.82) is 0 Å². The highest BCUT2D eigenvalue weighted by Crippen LogP contribution is 2.31. The summed E-state index contributed by atoms with van der Waals surface area (Å²) in [5.41, 5.74) is 2.54. The zero-order valence-electron chi connectivity index (χ0n) is 15.7. The van der Waals surface area contributed by atoms with Gasteiger partial charge in [0.05, 0.1) is 18.7 Å². The third kappa shape index (κ3) is 4.25. The first-order chi connectivity index (χ1) is 12.9. The van der Waals surface area contributed by atoms with E-state index in [-0.39, 0.29) is 18.2 Å². The quantitative estimate of drug-likeness (QED) is 0.825. The Hall–Kier alpha value is -2.53. The molecule has 1 unspecified atom stereocenters. The number of methoxy groups -OCH3 is 1. The first-order valence-electron chi connectivity index (χ1n) is 8.93. The van der Waals surface area contributed by atoms with Crippen molar-refractivity contribution >= 4 is 34.8 Å². The van der Waals surface area contributed by atoms with Crippen LogP contribution in [-0.4, -0.2) is 25.5 Å². The van der Waals surface area contributed by atoms with E-state index in [1.807, 2.05) is 24.3 Å². The molecule has 2 aromatic carbocycles. The third-order valence-corrected chi connectivity index (χ3v) is 5.02. The van der Waals surface area contributed by atoms with Gasteiger partial charge in [-0.1, -0.05) is 37.6 Å². The molecule has 1 fully saturated rings. The molecule has 1 N–H and O–H groups in total. The minimum Gasteiger partial charge on any atom is -0.495 e. The Balaban J connectivity index is 1.71. The third-order valence-electron chi connectivity index (χ3n) is 4.79. The summed E-state index contributed by atoms with van der Waals surface area (Å²) in [6.07, 6.45) is 0.181. The predicted molar refractivity (Wildman–Crippen MR) is 108 cm³/mol. The highest BCUT2D eigenvalue weighted by Gasteiger charge is 2.35. The van der Waals surface area contributed by atoms with E-state index >= 15 is 0 Å². The molecule has 0 aromatic heterocycles. The predicted octanol–water partition coefficient (Wildman–Crippen LogP) is 4.46. The number of benzene rings is 2. The molecule has 3 rings (SSSR count). The molecule has 1 aliphatic rings. The van der Waals surface area contributed by atoms with Crippen LogP contribution in [0.4, 0.5) is 11.4 Å². The fraction of sp³-hybridized carbons (Fsp3) is 0.333. The Bertz CT molecular complexity index is 849. The molecule has 1 heterocycles. The standard InChI is InChI=1S/C21H23ClN2O3/c1-13(2)14-4-7-17(8-5-14)24-12-15(10-20(24)25)21(26)23-18-11-16(22)6-9-19(18)27-3/h4-9,11,13,15H,10,12H2,1-3H3,(H,23,26). The van der Waals surface area contributed by atoms with Gasteiger partial charge in [-0.25, -0.2) is 0 Å². The number of carbonyl (C=O) groups is 2. The summed E-state index contributed by atoms with van der Waals surface area (Å²) >= 11 is 6.01. The Morgan fingerprint density at radius 2 is 1.93 bits per heavy atom. The van der Waals surface area contributed by atoms with Crippen molar-refractivity contribution in [2.45, 2.75) is 26.2 Å². The number of carbonyl (C=O) groups excluding carboxylic acids is 2. The topological polar surface area (TPSA) is 58.6 Å². The van der Waals surface area contributed by atoms with Crippen LogP contribution in [0.1, 0.15) is 31.7 Å². The molecule has 2 amide bonds. The van der Waals surface area contributed by atoms with Gasteiger partial charge >= 0.3 is 0 Å². The molecule has 2 aromatic rings. The largest absolute Gasteiger partial charge is 0.495 e.